The van der Waals surface area contributed by atoms with Gasteiger partial charge in [0.25, 0.3) is 0 Å². The Hall–Kier alpha value is -1.99. The molecule has 1 aromatic carbocycles. The molecule has 1 aliphatic heterocycles. The van der Waals surface area contributed by atoms with Gasteiger partial charge in [-0.1, -0.05) is 23.7 Å². The smallest absolute Gasteiger partial charge is 0.225 e. The molecule has 1 aliphatic rings. The van der Waals surface area contributed by atoms with Crippen molar-refractivity contribution in [1.82, 2.24) is 20.2 Å². The van der Waals surface area contributed by atoms with Crippen molar-refractivity contribution in [3.8, 4) is 0 Å². The number of piperazine rings is 1. The van der Waals surface area contributed by atoms with E-state index in [1.54, 1.807) is 12.4 Å². The second-order valence-electron chi connectivity index (χ2n) is 6.23. The average Bonchev–Trinajstić information content (AvgIpc) is 2.72. The van der Waals surface area contributed by atoms with Crippen LogP contribution < -0.4 is 10.2 Å². The highest BCUT2D eigenvalue weighted by atomic mass is 35.5. The second-order valence-corrected chi connectivity index (χ2v) is 7.71. The van der Waals surface area contributed by atoms with E-state index in [9.17, 15) is 0 Å². The van der Waals surface area contributed by atoms with Gasteiger partial charge in [-0.25, -0.2) is 9.97 Å². The van der Waals surface area contributed by atoms with Crippen molar-refractivity contribution in [2.75, 3.05) is 50.9 Å². The zero-order chi connectivity index (χ0) is 19.1. The molecule has 1 N–H and O–H groups in total. The fourth-order valence-corrected chi connectivity index (χ4v) is 4.00. The first-order valence-electron chi connectivity index (χ1n) is 8.97. The number of hydrogen-bond acceptors (Lipinski definition) is 5. The number of benzene rings is 1. The van der Waals surface area contributed by atoms with Crippen molar-refractivity contribution in [3.05, 3.63) is 53.3 Å². The first-order chi connectivity index (χ1) is 13.2. The van der Waals surface area contributed by atoms with Crippen molar-refractivity contribution < 1.29 is 0 Å². The Morgan fingerprint density at radius 2 is 1.96 bits per heavy atom. The number of guanidine groups is 1. The summed E-state index contributed by atoms with van der Waals surface area (Å²) in [6, 6.07) is 9.90. The van der Waals surface area contributed by atoms with Crippen LogP contribution in [0.15, 0.2) is 47.7 Å². The molecule has 0 saturated carbocycles. The minimum Gasteiger partial charge on any atom is -0.355 e. The number of halogens is 1. The third-order valence-electron chi connectivity index (χ3n) is 4.58. The molecule has 2 aromatic rings. The Balaban J connectivity index is 1.55. The van der Waals surface area contributed by atoms with Crippen LogP contribution >= 0.6 is 23.4 Å². The third kappa shape index (κ3) is 5.26. The van der Waals surface area contributed by atoms with Crippen LogP contribution in [0.3, 0.4) is 0 Å². The Labute approximate surface area is 170 Å². The maximum Gasteiger partial charge on any atom is 0.225 e. The third-order valence-corrected chi connectivity index (χ3v) is 5.82. The number of anilines is 1. The van der Waals surface area contributed by atoms with Crippen LogP contribution in [0.25, 0.3) is 0 Å². The van der Waals surface area contributed by atoms with Crippen molar-refractivity contribution in [2.45, 2.75) is 5.25 Å². The molecule has 0 radical (unpaired) electrons. The van der Waals surface area contributed by atoms with Crippen LogP contribution in [0, 0.1) is 0 Å². The van der Waals surface area contributed by atoms with E-state index in [1.165, 1.54) is 5.56 Å². The summed E-state index contributed by atoms with van der Waals surface area (Å²) in [5.74, 6) is 1.73. The molecular weight excluding hydrogens is 380 g/mol. The predicted octanol–water partition coefficient (Wildman–Crippen LogP) is 2.93. The normalized spacial score (nSPS) is 16.3. The van der Waals surface area contributed by atoms with Crippen molar-refractivity contribution >= 4 is 35.3 Å². The Kier molecular flexibility index (Phi) is 7.18. The standard InChI is InChI=1S/C19H25ClN6S/c1-21-18(24-14-17(27-2)15-5-3-6-16(20)13-15)25-9-11-26(12-10-25)19-22-7-4-8-23-19/h3-8,13,17H,9-12,14H2,1-2H3,(H,21,24). The topological polar surface area (TPSA) is 56.7 Å². The van der Waals surface area contributed by atoms with Crippen LogP contribution in [-0.4, -0.2) is 66.9 Å². The highest BCUT2D eigenvalue weighted by Crippen LogP contribution is 2.27. The zero-order valence-electron chi connectivity index (χ0n) is 15.7. The van der Waals surface area contributed by atoms with Gasteiger partial charge in [0, 0.05) is 62.4 Å². The average molecular weight is 405 g/mol. The minimum absolute atomic E-state index is 0.319. The summed E-state index contributed by atoms with van der Waals surface area (Å²) in [6.07, 6.45) is 5.69. The largest absolute Gasteiger partial charge is 0.355 e. The molecule has 0 aliphatic carbocycles. The summed E-state index contributed by atoms with van der Waals surface area (Å²) in [7, 11) is 1.84. The summed E-state index contributed by atoms with van der Waals surface area (Å²) in [4.78, 5) is 17.6. The first kappa shape index (κ1) is 19.8. The summed E-state index contributed by atoms with van der Waals surface area (Å²) in [5, 5.41) is 4.62. The van der Waals surface area contributed by atoms with Gasteiger partial charge in [-0.05, 0) is 30.0 Å². The minimum atomic E-state index is 0.319. The Morgan fingerprint density at radius 1 is 1.22 bits per heavy atom. The van der Waals surface area contributed by atoms with Crippen molar-refractivity contribution in [3.63, 3.8) is 0 Å². The number of aromatic nitrogens is 2. The molecule has 1 aromatic heterocycles. The lowest BCUT2D eigenvalue weighted by Gasteiger charge is -2.36. The number of rotatable bonds is 5. The number of aliphatic imine (C=N–C) groups is 1. The van der Waals surface area contributed by atoms with Gasteiger partial charge in [0.2, 0.25) is 5.95 Å². The van der Waals surface area contributed by atoms with E-state index >= 15 is 0 Å². The molecule has 3 rings (SSSR count). The second kappa shape index (κ2) is 9.80. The lowest BCUT2D eigenvalue weighted by Crippen LogP contribution is -2.53. The zero-order valence-corrected chi connectivity index (χ0v) is 17.2. The van der Waals surface area contributed by atoms with E-state index < -0.39 is 0 Å². The molecular formula is C19H25ClN6S. The number of hydrogen-bond donors (Lipinski definition) is 1. The molecule has 8 heteroatoms. The number of nitrogens with one attached hydrogen (secondary N) is 1. The molecule has 1 saturated heterocycles. The lowest BCUT2D eigenvalue weighted by molar-refractivity contribution is 0.370. The molecule has 1 fully saturated rings. The van der Waals surface area contributed by atoms with Gasteiger partial charge in [0.1, 0.15) is 0 Å². The SMILES string of the molecule is CN=C(NCC(SC)c1cccc(Cl)c1)N1CCN(c2ncccn2)CC1. The molecule has 0 spiro atoms. The summed E-state index contributed by atoms with van der Waals surface area (Å²) in [5.41, 5.74) is 1.23. The van der Waals surface area contributed by atoms with E-state index in [1.807, 2.05) is 43.1 Å². The summed E-state index contributed by atoms with van der Waals surface area (Å²) >= 11 is 7.95. The molecule has 0 amide bonds. The van der Waals surface area contributed by atoms with E-state index in [2.05, 4.69) is 42.4 Å². The van der Waals surface area contributed by atoms with Gasteiger partial charge >= 0.3 is 0 Å². The van der Waals surface area contributed by atoms with Gasteiger partial charge in [-0.3, -0.25) is 4.99 Å². The molecule has 144 valence electrons. The van der Waals surface area contributed by atoms with Gasteiger partial charge in [-0.15, -0.1) is 0 Å². The summed E-state index contributed by atoms with van der Waals surface area (Å²) in [6.45, 7) is 4.34. The van der Waals surface area contributed by atoms with E-state index in [4.69, 9.17) is 11.6 Å². The molecule has 2 heterocycles. The van der Waals surface area contributed by atoms with Crippen LogP contribution in [0.1, 0.15) is 10.8 Å². The molecule has 0 bridgehead atoms. The number of thioether (sulfide) groups is 1. The van der Waals surface area contributed by atoms with Gasteiger partial charge < -0.3 is 15.1 Å². The van der Waals surface area contributed by atoms with E-state index in [0.29, 0.717) is 5.25 Å². The molecule has 6 nitrogen and oxygen atoms in total. The number of nitrogens with zero attached hydrogens (tertiary/aromatic N) is 5. The van der Waals surface area contributed by atoms with Crippen molar-refractivity contribution in [1.29, 1.82) is 0 Å². The molecule has 1 unspecified atom stereocenters. The van der Waals surface area contributed by atoms with Gasteiger partial charge in [-0.2, -0.15) is 11.8 Å². The van der Waals surface area contributed by atoms with E-state index in [-0.39, 0.29) is 0 Å². The van der Waals surface area contributed by atoms with Crippen LogP contribution in [-0.2, 0) is 0 Å². The highest BCUT2D eigenvalue weighted by Gasteiger charge is 2.21. The molecule has 27 heavy (non-hydrogen) atoms. The van der Waals surface area contributed by atoms with Crippen LogP contribution in [0.4, 0.5) is 5.95 Å². The Bertz CT molecular complexity index is 749. The maximum atomic E-state index is 6.15. The van der Waals surface area contributed by atoms with E-state index in [0.717, 1.165) is 49.7 Å². The lowest BCUT2D eigenvalue weighted by atomic mass is 10.1. The first-order valence-corrected chi connectivity index (χ1v) is 10.6. The quantitative estimate of drug-likeness (QED) is 0.610. The van der Waals surface area contributed by atoms with Gasteiger partial charge in [0.05, 0.1) is 0 Å². The fourth-order valence-electron chi connectivity index (χ4n) is 3.13. The van der Waals surface area contributed by atoms with Crippen LogP contribution in [0.2, 0.25) is 5.02 Å². The monoisotopic (exact) mass is 404 g/mol. The van der Waals surface area contributed by atoms with Crippen LogP contribution in [0.5, 0.6) is 0 Å². The van der Waals surface area contributed by atoms with Crippen molar-refractivity contribution in [2.24, 2.45) is 4.99 Å². The summed E-state index contributed by atoms with van der Waals surface area (Å²) < 4.78 is 0. The predicted molar refractivity (Wildman–Crippen MR) is 115 cm³/mol. The van der Waals surface area contributed by atoms with Gasteiger partial charge in [0.15, 0.2) is 5.96 Å². The maximum absolute atomic E-state index is 6.15. The molecule has 1 atom stereocenters. The fraction of sp³-hybridized carbons (Fsp3) is 0.421. The Morgan fingerprint density at radius 3 is 2.59 bits per heavy atom. The highest BCUT2D eigenvalue weighted by molar-refractivity contribution is 7.98.